The van der Waals surface area contributed by atoms with Crippen molar-refractivity contribution >= 4 is 35.0 Å². The summed E-state index contributed by atoms with van der Waals surface area (Å²) in [7, 11) is -9.96. The number of benzene rings is 2. The number of allylic oxidation sites excluding steroid dienone is 1. The molecule has 0 aliphatic carbocycles. The summed E-state index contributed by atoms with van der Waals surface area (Å²) in [5.74, 6) is 0.676. The van der Waals surface area contributed by atoms with E-state index in [1.54, 1.807) is 18.2 Å². The Labute approximate surface area is 213 Å². The quantitative estimate of drug-likeness (QED) is 0.239. The molecule has 0 radical (unpaired) electrons. The molecule has 10 heteroatoms. The average molecular weight is 546 g/mol. The van der Waals surface area contributed by atoms with E-state index in [1.165, 1.54) is 12.1 Å². The molecule has 6 nitrogen and oxygen atoms in total. The fourth-order valence-corrected chi connectivity index (χ4v) is 15.8. The van der Waals surface area contributed by atoms with E-state index in [2.05, 4.69) is 58.1 Å². The second-order valence-corrected chi connectivity index (χ2v) is 24.6. The molecule has 0 N–H and O–H groups in total. The third-order valence-electron chi connectivity index (χ3n) is 4.59. The molecule has 0 amide bonds. The third-order valence-corrected chi connectivity index (χ3v) is 15.2. The SMILES string of the molecule is C=C(C#N)S(=O)(=O)c1ccc(-c2ccccc2OCC=C[Si](C)(O[Si](C)(C)C)O[Si](C)(C)C)cc1. The van der Waals surface area contributed by atoms with Gasteiger partial charge in [-0.15, -0.1) is 0 Å². The first-order valence-electron chi connectivity index (χ1n) is 11.3. The van der Waals surface area contributed by atoms with Crippen molar-refractivity contribution < 1.29 is 21.4 Å². The highest BCUT2D eigenvalue weighted by Gasteiger charge is 2.38. The van der Waals surface area contributed by atoms with E-state index in [1.807, 2.05) is 30.3 Å². The van der Waals surface area contributed by atoms with Crippen LogP contribution in [0.5, 0.6) is 5.75 Å². The maximum Gasteiger partial charge on any atom is 0.341 e. The molecule has 0 spiro atoms. The zero-order valence-corrected chi connectivity index (χ0v) is 25.4. The van der Waals surface area contributed by atoms with Crippen LogP contribution in [-0.4, -0.2) is 40.2 Å². The van der Waals surface area contributed by atoms with Crippen molar-refractivity contribution in [1.82, 2.24) is 0 Å². The molecular weight excluding hydrogens is 511 g/mol. The van der Waals surface area contributed by atoms with Gasteiger partial charge in [-0.25, -0.2) is 8.42 Å². The predicted octanol–water partition coefficient (Wildman–Crippen LogP) is 6.41. The molecule has 0 aliphatic rings. The number of hydrogen-bond acceptors (Lipinski definition) is 6. The summed E-state index contributed by atoms with van der Waals surface area (Å²) in [5.41, 5.74) is 3.70. The highest BCUT2D eigenvalue weighted by atomic mass is 32.2. The van der Waals surface area contributed by atoms with Crippen molar-refractivity contribution in [2.45, 2.75) is 50.7 Å². The van der Waals surface area contributed by atoms with E-state index < -0.39 is 39.9 Å². The zero-order chi connectivity index (χ0) is 26.5. The van der Waals surface area contributed by atoms with Gasteiger partial charge in [0.2, 0.25) is 9.84 Å². The highest BCUT2D eigenvalue weighted by molar-refractivity contribution is 7.95. The molecule has 2 aromatic carbocycles. The van der Waals surface area contributed by atoms with Gasteiger partial charge in [0.1, 0.15) is 23.3 Å². The molecule has 0 saturated heterocycles. The minimum atomic E-state index is -3.87. The van der Waals surface area contributed by atoms with Gasteiger partial charge in [-0.1, -0.05) is 43.0 Å². The van der Waals surface area contributed by atoms with E-state index in [-0.39, 0.29) is 4.90 Å². The summed E-state index contributed by atoms with van der Waals surface area (Å²) in [6.07, 6.45) is 1.96. The lowest BCUT2D eigenvalue weighted by atomic mass is 10.1. The molecule has 0 fully saturated rings. The smallest absolute Gasteiger partial charge is 0.341 e. The third kappa shape index (κ3) is 8.71. The molecule has 0 aliphatic heterocycles. The Hall–Kier alpha value is -2.27. The van der Waals surface area contributed by atoms with Crippen LogP contribution in [0.2, 0.25) is 45.8 Å². The Kier molecular flexibility index (Phi) is 9.27. The topological polar surface area (TPSA) is 85.6 Å². The Balaban J connectivity index is 2.22. The predicted molar refractivity (Wildman–Crippen MR) is 149 cm³/mol. The van der Waals surface area contributed by atoms with Crippen LogP contribution in [0.25, 0.3) is 11.1 Å². The van der Waals surface area contributed by atoms with Gasteiger partial charge < -0.3 is 13.0 Å². The first kappa shape index (κ1) is 29.0. The lowest BCUT2D eigenvalue weighted by molar-refractivity contribution is 0.362. The van der Waals surface area contributed by atoms with Gasteiger partial charge in [0.05, 0.1) is 4.90 Å². The van der Waals surface area contributed by atoms with Crippen LogP contribution in [0.3, 0.4) is 0 Å². The molecule has 2 rings (SSSR count). The standard InChI is InChI=1S/C25H35NO5SSi3/c1-21(20-26)32(27,28)23-16-14-22(15-17-23)24-12-9-10-13-25(24)29-18-11-19-35(8,30-33(2,3)4)31-34(5,6)7/h9-17,19H,1,18H2,2-8H3. The summed E-state index contributed by atoms with van der Waals surface area (Å²) in [5, 5.41) is 8.90. The molecule has 2 aromatic rings. The monoisotopic (exact) mass is 545 g/mol. The van der Waals surface area contributed by atoms with Crippen molar-refractivity contribution in [3.05, 3.63) is 71.8 Å². The van der Waals surface area contributed by atoms with Crippen molar-refractivity contribution in [1.29, 1.82) is 5.26 Å². The second-order valence-electron chi connectivity index (χ2n) is 10.2. The molecule has 0 heterocycles. The van der Waals surface area contributed by atoms with E-state index in [4.69, 9.17) is 18.2 Å². The lowest BCUT2D eigenvalue weighted by Crippen LogP contribution is -2.51. The molecule has 188 valence electrons. The van der Waals surface area contributed by atoms with Crippen LogP contribution in [0.4, 0.5) is 0 Å². The Morgan fingerprint density at radius 3 is 2.00 bits per heavy atom. The first-order chi connectivity index (χ1) is 16.1. The largest absolute Gasteiger partial charge is 0.489 e. The molecular formula is C25H35NO5SSi3. The fourth-order valence-electron chi connectivity index (χ4n) is 3.55. The second kappa shape index (κ2) is 11.2. The molecule has 0 saturated carbocycles. The molecule has 0 atom stereocenters. The van der Waals surface area contributed by atoms with Crippen LogP contribution in [-0.2, 0) is 18.1 Å². The number of nitrogens with zero attached hydrogens (tertiary/aromatic N) is 1. The summed E-state index contributed by atoms with van der Waals surface area (Å²) in [6.45, 7) is 18.8. The van der Waals surface area contributed by atoms with Gasteiger partial charge >= 0.3 is 8.56 Å². The summed E-state index contributed by atoms with van der Waals surface area (Å²) in [4.78, 5) is -0.448. The van der Waals surface area contributed by atoms with Crippen LogP contribution in [0.15, 0.2) is 76.7 Å². The number of rotatable bonds is 11. The number of hydrogen-bond donors (Lipinski definition) is 0. The maximum atomic E-state index is 12.3. The Morgan fingerprint density at radius 1 is 0.943 bits per heavy atom. The number of nitriles is 1. The van der Waals surface area contributed by atoms with Gasteiger partial charge in [-0.2, -0.15) is 5.26 Å². The average Bonchev–Trinajstić information content (AvgIpc) is 2.74. The first-order valence-corrected chi connectivity index (χ1v) is 22.0. The summed E-state index contributed by atoms with van der Waals surface area (Å²) >= 11 is 0. The van der Waals surface area contributed by atoms with E-state index in [9.17, 15) is 8.42 Å². The maximum absolute atomic E-state index is 12.3. The Bertz CT molecular complexity index is 1210. The van der Waals surface area contributed by atoms with E-state index >= 15 is 0 Å². The number of sulfone groups is 1. The van der Waals surface area contributed by atoms with Crippen molar-refractivity contribution in [3.8, 4) is 22.9 Å². The fraction of sp³-hybridized carbons (Fsp3) is 0.320. The van der Waals surface area contributed by atoms with E-state index in [0.29, 0.717) is 12.4 Å². The molecule has 0 unspecified atom stereocenters. The zero-order valence-electron chi connectivity index (χ0n) is 21.6. The van der Waals surface area contributed by atoms with Gasteiger partial charge in [-0.3, -0.25) is 0 Å². The highest BCUT2D eigenvalue weighted by Crippen LogP contribution is 2.31. The van der Waals surface area contributed by atoms with Crippen LogP contribution >= 0.6 is 0 Å². The van der Waals surface area contributed by atoms with Gasteiger partial charge in [0.25, 0.3) is 0 Å². The minimum absolute atomic E-state index is 0.0307. The van der Waals surface area contributed by atoms with Crippen molar-refractivity contribution in [3.63, 3.8) is 0 Å². The summed E-state index contributed by atoms with van der Waals surface area (Å²) in [6, 6.07) is 15.5. The van der Waals surface area contributed by atoms with Crippen LogP contribution in [0, 0.1) is 11.3 Å². The van der Waals surface area contributed by atoms with Gasteiger partial charge in [0, 0.05) is 5.56 Å². The molecule has 35 heavy (non-hydrogen) atoms. The van der Waals surface area contributed by atoms with Gasteiger partial charge in [-0.05, 0) is 75.3 Å². The number of ether oxygens (including phenoxy) is 1. The Morgan fingerprint density at radius 2 is 1.49 bits per heavy atom. The van der Waals surface area contributed by atoms with Gasteiger partial charge in [0.15, 0.2) is 16.6 Å². The number of para-hydroxylation sites is 1. The molecule has 0 bridgehead atoms. The molecule has 0 aromatic heterocycles. The van der Waals surface area contributed by atoms with Crippen LogP contribution in [0.1, 0.15) is 0 Å². The summed E-state index contributed by atoms with van der Waals surface area (Å²) < 4.78 is 43.7. The minimum Gasteiger partial charge on any atom is -0.489 e. The van der Waals surface area contributed by atoms with Crippen molar-refractivity contribution in [2.24, 2.45) is 0 Å². The normalized spacial score (nSPS) is 13.0. The van der Waals surface area contributed by atoms with Crippen molar-refractivity contribution in [2.75, 3.05) is 6.61 Å². The lowest BCUT2D eigenvalue weighted by Gasteiger charge is -2.36. The van der Waals surface area contributed by atoms with E-state index in [0.717, 1.165) is 11.1 Å². The van der Waals surface area contributed by atoms with Crippen LogP contribution < -0.4 is 4.74 Å².